The normalized spacial score (nSPS) is 11.8. The Balaban J connectivity index is 1.65. The lowest BCUT2D eigenvalue weighted by Crippen LogP contribution is -2.18. The van der Waals surface area contributed by atoms with Crippen LogP contribution in [0.2, 0.25) is 5.02 Å². The first-order valence-electron chi connectivity index (χ1n) is 9.31. The van der Waals surface area contributed by atoms with Crippen LogP contribution in [0.25, 0.3) is 10.9 Å². The van der Waals surface area contributed by atoms with Crippen LogP contribution in [0.5, 0.6) is 0 Å². The van der Waals surface area contributed by atoms with E-state index in [0.717, 1.165) is 11.1 Å². The van der Waals surface area contributed by atoms with Crippen molar-refractivity contribution in [3.8, 4) is 0 Å². The van der Waals surface area contributed by atoms with E-state index in [9.17, 15) is 13.2 Å². The van der Waals surface area contributed by atoms with E-state index >= 15 is 0 Å². The number of Topliss-reactive ketones (excluding diaryl/α,β-unsaturated/α-hetero) is 1. The summed E-state index contributed by atoms with van der Waals surface area (Å²) in [5.74, 6) is -0.455. The molecule has 0 N–H and O–H groups in total. The third-order valence-corrected chi connectivity index (χ3v) is 6.67. The summed E-state index contributed by atoms with van der Waals surface area (Å²) in [5, 5.41) is 4.96. The number of halogens is 1. The van der Waals surface area contributed by atoms with Crippen LogP contribution in [0.15, 0.2) is 70.2 Å². The molecule has 0 amide bonds. The average molecular weight is 443 g/mol. The zero-order valence-electron chi connectivity index (χ0n) is 16.2. The minimum absolute atomic E-state index is 0.0856. The van der Waals surface area contributed by atoms with Gasteiger partial charge in [-0.25, -0.2) is 8.42 Å². The van der Waals surface area contributed by atoms with Gasteiger partial charge in [0.2, 0.25) is 0 Å². The Morgan fingerprint density at radius 1 is 1.13 bits per heavy atom. The van der Waals surface area contributed by atoms with Crippen LogP contribution in [-0.2, 0) is 27.6 Å². The molecule has 0 atom stereocenters. The summed E-state index contributed by atoms with van der Waals surface area (Å²) in [6.07, 6.45) is 1.51. The van der Waals surface area contributed by atoms with Crippen molar-refractivity contribution in [3.05, 3.63) is 82.8 Å². The standard InChI is InChI=1S/C22H19ClN2O4S/c1-15-9-18(24-29-15)11-19(26)14-30(27,28)22-13-25(21-8-3-2-7-20(21)22)12-16-5-4-6-17(23)10-16/h2-10,13H,11-12,14H2,1H3. The summed E-state index contributed by atoms with van der Waals surface area (Å²) in [4.78, 5) is 12.5. The molecule has 4 rings (SSSR count). The molecule has 2 heterocycles. The van der Waals surface area contributed by atoms with E-state index in [0.29, 0.717) is 28.4 Å². The van der Waals surface area contributed by atoms with E-state index < -0.39 is 21.4 Å². The van der Waals surface area contributed by atoms with Crippen LogP contribution in [0.4, 0.5) is 0 Å². The lowest BCUT2D eigenvalue weighted by Gasteiger charge is -2.05. The third kappa shape index (κ3) is 4.32. The number of carbonyl (C=O) groups excluding carboxylic acids is 1. The van der Waals surface area contributed by atoms with Crippen LogP contribution in [0, 0.1) is 6.92 Å². The number of hydrogen-bond donors (Lipinski definition) is 0. The molecule has 8 heteroatoms. The van der Waals surface area contributed by atoms with E-state index in [1.807, 2.05) is 34.9 Å². The molecule has 0 aliphatic heterocycles. The van der Waals surface area contributed by atoms with Crippen molar-refractivity contribution in [1.82, 2.24) is 9.72 Å². The molecule has 0 radical (unpaired) electrons. The van der Waals surface area contributed by atoms with Gasteiger partial charge in [0.1, 0.15) is 11.5 Å². The van der Waals surface area contributed by atoms with Gasteiger partial charge in [0.05, 0.1) is 17.0 Å². The van der Waals surface area contributed by atoms with Crippen LogP contribution in [0.3, 0.4) is 0 Å². The second-order valence-corrected chi connectivity index (χ2v) is 9.57. The summed E-state index contributed by atoms with van der Waals surface area (Å²) in [5.41, 5.74) is 2.15. The number of para-hydroxylation sites is 1. The number of nitrogens with zero attached hydrogens (tertiary/aromatic N) is 2. The predicted octanol–water partition coefficient (Wildman–Crippen LogP) is 4.22. The van der Waals surface area contributed by atoms with Gasteiger partial charge in [-0.1, -0.05) is 47.1 Å². The fourth-order valence-electron chi connectivity index (χ4n) is 3.47. The van der Waals surface area contributed by atoms with Crippen molar-refractivity contribution >= 4 is 38.1 Å². The molecule has 0 saturated carbocycles. The highest BCUT2D eigenvalue weighted by molar-refractivity contribution is 7.92. The maximum atomic E-state index is 13.1. The van der Waals surface area contributed by atoms with Gasteiger partial charge in [-0.05, 0) is 30.7 Å². The molecule has 2 aromatic heterocycles. The zero-order valence-corrected chi connectivity index (χ0v) is 17.8. The Morgan fingerprint density at radius 3 is 2.67 bits per heavy atom. The molecular formula is C22H19ClN2O4S. The van der Waals surface area contributed by atoms with Crippen LogP contribution < -0.4 is 0 Å². The monoisotopic (exact) mass is 442 g/mol. The van der Waals surface area contributed by atoms with Crippen LogP contribution in [0.1, 0.15) is 17.0 Å². The minimum Gasteiger partial charge on any atom is -0.361 e. The second-order valence-electron chi connectivity index (χ2n) is 7.17. The average Bonchev–Trinajstić information content (AvgIpc) is 3.25. The van der Waals surface area contributed by atoms with E-state index in [-0.39, 0.29) is 11.3 Å². The van der Waals surface area contributed by atoms with Gasteiger partial charge in [-0.15, -0.1) is 0 Å². The van der Waals surface area contributed by atoms with Gasteiger partial charge >= 0.3 is 0 Å². The molecule has 0 bridgehead atoms. The van der Waals surface area contributed by atoms with E-state index in [2.05, 4.69) is 5.16 Å². The number of hydrogen-bond acceptors (Lipinski definition) is 5. The molecule has 2 aromatic carbocycles. The molecule has 4 aromatic rings. The first-order valence-corrected chi connectivity index (χ1v) is 11.3. The number of sulfone groups is 1. The summed E-state index contributed by atoms with van der Waals surface area (Å²) in [6, 6.07) is 16.3. The summed E-state index contributed by atoms with van der Waals surface area (Å²) >= 11 is 6.08. The molecule has 0 saturated heterocycles. The lowest BCUT2D eigenvalue weighted by molar-refractivity contribution is -0.116. The predicted molar refractivity (Wildman–Crippen MR) is 114 cm³/mol. The molecule has 0 unspecified atom stereocenters. The Hall–Kier alpha value is -2.90. The molecule has 0 spiro atoms. The lowest BCUT2D eigenvalue weighted by atomic mass is 10.2. The molecule has 30 heavy (non-hydrogen) atoms. The SMILES string of the molecule is Cc1cc(CC(=O)CS(=O)(=O)c2cn(Cc3cccc(Cl)c3)c3ccccc23)no1. The molecule has 0 aliphatic carbocycles. The fraction of sp³-hybridized carbons (Fsp3) is 0.182. The smallest absolute Gasteiger partial charge is 0.187 e. The van der Waals surface area contributed by atoms with Gasteiger partial charge in [0.15, 0.2) is 15.6 Å². The third-order valence-electron chi connectivity index (χ3n) is 4.74. The highest BCUT2D eigenvalue weighted by atomic mass is 35.5. The number of ketones is 1. The Labute approximate surface area is 179 Å². The van der Waals surface area contributed by atoms with Crippen molar-refractivity contribution in [3.63, 3.8) is 0 Å². The molecule has 6 nitrogen and oxygen atoms in total. The zero-order chi connectivity index (χ0) is 21.3. The molecule has 0 fully saturated rings. The van der Waals surface area contributed by atoms with Crippen LogP contribution >= 0.6 is 11.6 Å². The summed E-state index contributed by atoms with van der Waals surface area (Å²) in [6.45, 7) is 2.18. The highest BCUT2D eigenvalue weighted by Crippen LogP contribution is 2.27. The first-order chi connectivity index (χ1) is 14.3. The van der Waals surface area contributed by atoms with Crippen LogP contribution in [-0.4, -0.2) is 29.7 Å². The van der Waals surface area contributed by atoms with E-state index in [1.54, 1.807) is 37.4 Å². The number of fused-ring (bicyclic) bond motifs is 1. The van der Waals surface area contributed by atoms with Crippen molar-refractivity contribution in [2.75, 3.05) is 5.75 Å². The number of carbonyl (C=O) groups is 1. The van der Waals surface area contributed by atoms with Gasteiger partial charge < -0.3 is 9.09 Å². The van der Waals surface area contributed by atoms with Crippen molar-refractivity contribution in [2.45, 2.75) is 24.8 Å². The Bertz CT molecular complexity index is 1340. The fourth-order valence-corrected chi connectivity index (χ4v) is 5.16. The molecule has 0 aliphatic rings. The van der Waals surface area contributed by atoms with E-state index in [4.69, 9.17) is 16.1 Å². The van der Waals surface area contributed by atoms with Gasteiger partial charge in [0, 0.05) is 34.7 Å². The van der Waals surface area contributed by atoms with E-state index in [1.165, 1.54) is 0 Å². The number of rotatable bonds is 7. The largest absolute Gasteiger partial charge is 0.361 e. The highest BCUT2D eigenvalue weighted by Gasteiger charge is 2.25. The van der Waals surface area contributed by atoms with Gasteiger partial charge in [-0.3, -0.25) is 4.79 Å². The number of aryl methyl sites for hydroxylation is 1. The number of benzene rings is 2. The summed E-state index contributed by atoms with van der Waals surface area (Å²) in [7, 11) is -3.83. The first kappa shape index (κ1) is 20.4. The van der Waals surface area contributed by atoms with Crippen molar-refractivity contribution < 1.29 is 17.7 Å². The van der Waals surface area contributed by atoms with Gasteiger partial charge in [-0.2, -0.15) is 0 Å². The molecule has 154 valence electrons. The Morgan fingerprint density at radius 2 is 1.93 bits per heavy atom. The molecular weight excluding hydrogens is 424 g/mol. The maximum Gasteiger partial charge on any atom is 0.187 e. The Kier molecular flexibility index (Phi) is 5.49. The van der Waals surface area contributed by atoms with Gasteiger partial charge in [0.25, 0.3) is 0 Å². The quantitative estimate of drug-likeness (QED) is 0.428. The summed E-state index contributed by atoms with van der Waals surface area (Å²) < 4.78 is 32.9. The minimum atomic E-state index is -3.83. The van der Waals surface area contributed by atoms with Crippen molar-refractivity contribution in [2.24, 2.45) is 0 Å². The maximum absolute atomic E-state index is 13.1. The second kappa shape index (κ2) is 8.08. The van der Waals surface area contributed by atoms with Crippen molar-refractivity contribution in [1.29, 1.82) is 0 Å². The topological polar surface area (TPSA) is 82.2 Å². The number of aromatic nitrogens is 2.